The highest BCUT2D eigenvalue weighted by Crippen LogP contribution is 2.30. The SMILES string of the molecule is CCn1c(=O)cc(SCC(=O)N[C@@H]2CCCc3ccccc32)c2ccccc21. The van der Waals surface area contributed by atoms with Gasteiger partial charge >= 0.3 is 0 Å². The second kappa shape index (κ2) is 8.23. The molecular weight excluding hydrogens is 368 g/mol. The summed E-state index contributed by atoms with van der Waals surface area (Å²) >= 11 is 1.44. The number of aromatic nitrogens is 1. The number of hydrogen-bond acceptors (Lipinski definition) is 3. The highest BCUT2D eigenvalue weighted by Gasteiger charge is 2.21. The molecule has 3 aromatic rings. The zero-order valence-corrected chi connectivity index (χ0v) is 16.8. The van der Waals surface area contributed by atoms with Gasteiger partial charge in [-0.25, -0.2) is 0 Å². The Labute approximate surface area is 169 Å². The van der Waals surface area contributed by atoms with E-state index in [0.29, 0.717) is 12.3 Å². The van der Waals surface area contributed by atoms with Crippen molar-refractivity contribution in [3.8, 4) is 0 Å². The third-order valence-electron chi connectivity index (χ3n) is 5.36. The van der Waals surface area contributed by atoms with Crippen LogP contribution in [0.15, 0.2) is 64.3 Å². The Morgan fingerprint density at radius 3 is 2.82 bits per heavy atom. The number of nitrogens with one attached hydrogen (secondary N) is 1. The van der Waals surface area contributed by atoms with E-state index < -0.39 is 0 Å². The molecule has 0 aliphatic heterocycles. The first kappa shape index (κ1) is 18.8. The van der Waals surface area contributed by atoms with Gasteiger partial charge in [-0.1, -0.05) is 42.5 Å². The van der Waals surface area contributed by atoms with Gasteiger partial charge in [0.1, 0.15) is 0 Å². The first-order chi connectivity index (χ1) is 13.7. The van der Waals surface area contributed by atoms with Crippen LogP contribution in [0.3, 0.4) is 0 Å². The van der Waals surface area contributed by atoms with Gasteiger partial charge in [0.15, 0.2) is 0 Å². The summed E-state index contributed by atoms with van der Waals surface area (Å²) in [5.41, 5.74) is 3.47. The van der Waals surface area contributed by atoms with Crippen molar-refractivity contribution >= 4 is 28.6 Å². The Hall–Kier alpha value is -2.53. The number of pyridine rings is 1. The van der Waals surface area contributed by atoms with Crippen molar-refractivity contribution in [3.05, 3.63) is 76.1 Å². The van der Waals surface area contributed by atoms with Crippen molar-refractivity contribution in [1.29, 1.82) is 0 Å². The Morgan fingerprint density at radius 2 is 1.96 bits per heavy atom. The lowest BCUT2D eigenvalue weighted by molar-refractivity contribution is -0.119. The molecule has 4 nitrogen and oxygen atoms in total. The number of hydrogen-bond donors (Lipinski definition) is 1. The quantitative estimate of drug-likeness (QED) is 0.659. The van der Waals surface area contributed by atoms with Crippen LogP contribution in [-0.2, 0) is 17.8 Å². The average Bonchev–Trinajstić information content (AvgIpc) is 2.72. The van der Waals surface area contributed by atoms with E-state index in [4.69, 9.17) is 0 Å². The summed E-state index contributed by atoms with van der Waals surface area (Å²) in [5.74, 6) is 0.313. The van der Waals surface area contributed by atoms with Crippen molar-refractivity contribution in [3.63, 3.8) is 0 Å². The van der Waals surface area contributed by atoms with E-state index in [2.05, 4.69) is 23.5 Å². The molecule has 1 aliphatic rings. The fraction of sp³-hybridized carbons (Fsp3) is 0.304. The number of nitrogens with zero attached hydrogens (tertiary/aromatic N) is 1. The van der Waals surface area contributed by atoms with Crippen LogP contribution in [0.5, 0.6) is 0 Å². The zero-order valence-electron chi connectivity index (χ0n) is 16.0. The molecule has 28 heavy (non-hydrogen) atoms. The van der Waals surface area contributed by atoms with Gasteiger partial charge in [-0.05, 0) is 43.4 Å². The van der Waals surface area contributed by atoms with Crippen LogP contribution >= 0.6 is 11.8 Å². The molecule has 0 unspecified atom stereocenters. The second-order valence-corrected chi connectivity index (χ2v) is 8.13. The standard InChI is InChI=1S/C23H24N2O2S/c1-2-25-20-13-6-5-11-18(20)21(14-23(25)27)28-15-22(26)24-19-12-7-9-16-8-3-4-10-17(16)19/h3-6,8,10-11,13-14,19H,2,7,9,12,15H2,1H3,(H,24,26)/t19-/m1/s1. The minimum Gasteiger partial charge on any atom is -0.349 e. The summed E-state index contributed by atoms with van der Waals surface area (Å²) in [4.78, 5) is 25.9. The van der Waals surface area contributed by atoms with E-state index in [-0.39, 0.29) is 17.5 Å². The molecule has 0 spiro atoms. The minimum atomic E-state index is -0.0229. The molecule has 1 amide bonds. The number of para-hydroxylation sites is 1. The molecule has 1 atom stereocenters. The van der Waals surface area contributed by atoms with Gasteiger partial charge in [-0.2, -0.15) is 0 Å². The largest absolute Gasteiger partial charge is 0.349 e. The van der Waals surface area contributed by atoms with Crippen LogP contribution in [0.2, 0.25) is 0 Å². The van der Waals surface area contributed by atoms with E-state index in [1.807, 2.05) is 37.3 Å². The number of carbonyl (C=O) groups is 1. The molecular formula is C23H24N2O2S. The molecule has 2 aromatic carbocycles. The molecule has 1 aliphatic carbocycles. The first-order valence-electron chi connectivity index (χ1n) is 9.80. The normalized spacial score (nSPS) is 16.0. The van der Waals surface area contributed by atoms with Crippen molar-refractivity contribution < 1.29 is 4.79 Å². The Bertz CT molecular complexity index is 1070. The fourth-order valence-electron chi connectivity index (χ4n) is 4.03. The monoisotopic (exact) mass is 392 g/mol. The predicted molar refractivity (Wildman–Crippen MR) is 115 cm³/mol. The molecule has 0 saturated heterocycles. The van der Waals surface area contributed by atoms with E-state index in [0.717, 1.165) is 35.1 Å². The fourth-order valence-corrected chi connectivity index (χ4v) is 4.91. The summed E-state index contributed by atoms with van der Waals surface area (Å²) in [5, 5.41) is 4.21. The summed E-state index contributed by atoms with van der Waals surface area (Å²) in [6, 6.07) is 18.0. The van der Waals surface area contributed by atoms with Crippen LogP contribution in [0.1, 0.15) is 36.9 Å². The second-order valence-electron chi connectivity index (χ2n) is 7.11. The predicted octanol–water partition coefficient (Wildman–Crippen LogP) is 4.31. The van der Waals surface area contributed by atoms with Crippen molar-refractivity contribution in [2.45, 2.75) is 43.7 Å². The van der Waals surface area contributed by atoms with E-state index in [1.54, 1.807) is 10.6 Å². The molecule has 144 valence electrons. The zero-order chi connectivity index (χ0) is 19.5. The number of aryl methyl sites for hydroxylation is 2. The summed E-state index contributed by atoms with van der Waals surface area (Å²) in [6.45, 7) is 2.60. The third kappa shape index (κ3) is 3.72. The maximum atomic E-state index is 12.6. The molecule has 0 radical (unpaired) electrons. The summed E-state index contributed by atoms with van der Waals surface area (Å²) < 4.78 is 1.76. The van der Waals surface area contributed by atoms with Crippen LogP contribution in [0.4, 0.5) is 0 Å². The minimum absolute atomic E-state index is 0.00968. The Morgan fingerprint density at radius 1 is 1.18 bits per heavy atom. The van der Waals surface area contributed by atoms with Gasteiger partial charge in [-0.15, -0.1) is 11.8 Å². The van der Waals surface area contributed by atoms with Gasteiger partial charge in [-0.3, -0.25) is 9.59 Å². The van der Waals surface area contributed by atoms with E-state index in [9.17, 15) is 9.59 Å². The molecule has 0 fully saturated rings. The highest BCUT2D eigenvalue weighted by atomic mass is 32.2. The van der Waals surface area contributed by atoms with Crippen LogP contribution < -0.4 is 10.9 Å². The number of thioether (sulfide) groups is 1. The van der Waals surface area contributed by atoms with Crippen LogP contribution in [-0.4, -0.2) is 16.2 Å². The lowest BCUT2D eigenvalue weighted by atomic mass is 9.88. The van der Waals surface area contributed by atoms with Crippen molar-refractivity contribution in [2.24, 2.45) is 0 Å². The van der Waals surface area contributed by atoms with Gasteiger partial charge in [0.2, 0.25) is 5.91 Å². The molecule has 1 aromatic heterocycles. The number of rotatable bonds is 5. The summed E-state index contributed by atoms with van der Waals surface area (Å²) in [6.07, 6.45) is 3.15. The highest BCUT2D eigenvalue weighted by molar-refractivity contribution is 8.00. The molecule has 5 heteroatoms. The van der Waals surface area contributed by atoms with E-state index in [1.165, 1.54) is 22.9 Å². The van der Waals surface area contributed by atoms with Crippen molar-refractivity contribution in [1.82, 2.24) is 9.88 Å². The number of amides is 1. The van der Waals surface area contributed by atoms with Gasteiger partial charge in [0.25, 0.3) is 5.56 Å². The lowest BCUT2D eigenvalue weighted by Crippen LogP contribution is -2.32. The van der Waals surface area contributed by atoms with Gasteiger partial charge < -0.3 is 9.88 Å². The maximum absolute atomic E-state index is 12.6. The molecule has 4 rings (SSSR count). The number of fused-ring (bicyclic) bond motifs is 2. The Kier molecular flexibility index (Phi) is 5.53. The van der Waals surface area contributed by atoms with Gasteiger partial charge in [0, 0.05) is 22.9 Å². The maximum Gasteiger partial charge on any atom is 0.252 e. The van der Waals surface area contributed by atoms with Crippen LogP contribution in [0, 0.1) is 0 Å². The molecule has 0 saturated carbocycles. The molecule has 1 heterocycles. The summed E-state index contributed by atoms with van der Waals surface area (Å²) in [7, 11) is 0. The average molecular weight is 393 g/mol. The van der Waals surface area contributed by atoms with Crippen molar-refractivity contribution in [2.75, 3.05) is 5.75 Å². The third-order valence-corrected chi connectivity index (χ3v) is 6.42. The Balaban J connectivity index is 1.50. The molecule has 1 N–H and O–H groups in total. The van der Waals surface area contributed by atoms with Gasteiger partial charge in [0.05, 0.1) is 17.3 Å². The van der Waals surface area contributed by atoms with Crippen LogP contribution in [0.25, 0.3) is 10.9 Å². The topological polar surface area (TPSA) is 51.1 Å². The lowest BCUT2D eigenvalue weighted by Gasteiger charge is -2.26. The number of carbonyl (C=O) groups excluding carboxylic acids is 1. The first-order valence-corrected chi connectivity index (χ1v) is 10.8. The smallest absolute Gasteiger partial charge is 0.252 e. The molecule has 0 bridgehead atoms. The number of benzene rings is 2. The van der Waals surface area contributed by atoms with E-state index >= 15 is 0 Å².